The summed E-state index contributed by atoms with van der Waals surface area (Å²) in [5.74, 6) is 0.322. The van der Waals surface area contributed by atoms with Crippen molar-refractivity contribution in [2.24, 2.45) is 0 Å². The molecule has 1 aromatic carbocycles. The van der Waals surface area contributed by atoms with Crippen molar-refractivity contribution in [3.63, 3.8) is 0 Å². The fraction of sp³-hybridized carbons (Fsp3) is 0. The van der Waals surface area contributed by atoms with Gasteiger partial charge in [0.2, 0.25) is 0 Å². The minimum Gasteiger partial charge on any atom is -0.508 e. The molecule has 0 bridgehead atoms. The summed E-state index contributed by atoms with van der Waals surface area (Å²) in [5, 5.41) is 8.63. The van der Waals surface area contributed by atoms with Gasteiger partial charge in [0.15, 0.2) is 0 Å². The van der Waals surface area contributed by atoms with Crippen molar-refractivity contribution in [3.05, 3.63) is 30.3 Å². The summed E-state index contributed by atoms with van der Waals surface area (Å²) in [6.45, 7) is 0. The molecule has 1 rings (SSSR count). The van der Waals surface area contributed by atoms with Crippen LogP contribution in [0.2, 0.25) is 0 Å². The number of rotatable bonds is 0. The van der Waals surface area contributed by atoms with Gasteiger partial charge in [0.25, 0.3) is 0 Å². The molecule has 0 atom stereocenters. The summed E-state index contributed by atoms with van der Waals surface area (Å²) >= 11 is 0. The standard InChI is InChI=1S/C6H6O.H2S.Ti/c7-6-4-2-1-3-5-6;;/h1-5,7H;1H2;. The molecule has 0 saturated carbocycles. The third-order valence-electron chi connectivity index (χ3n) is 0.756. The molecule has 0 unspecified atom stereocenters. The van der Waals surface area contributed by atoms with Crippen LogP contribution in [0.25, 0.3) is 0 Å². The molecule has 0 aliphatic carbocycles. The van der Waals surface area contributed by atoms with Gasteiger partial charge < -0.3 is 5.11 Å². The van der Waals surface area contributed by atoms with Crippen LogP contribution >= 0.6 is 13.5 Å². The van der Waals surface area contributed by atoms with E-state index in [0.29, 0.717) is 5.75 Å². The Morgan fingerprint density at radius 3 is 1.67 bits per heavy atom. The molecule has 0 aliphatic rings. The number of hydrogen-bond donors (Lipinski definition) is 1. The Bertz CT molecular complexity index is 143. The molecule has 0 amide bonds. The second-order valence-electron chi connectivity index (χ2n) is 1.34. The SMILES string of the molecule is Oc1ccccc1.S.[Ti]. The molecule has 0 spiro atoms. The average molecular weight is 176 g/mol. The smallest absolute Gasteiger partial charge is 0.115 e. The number of aromatic hydroxyl groups is 1. The van der Waals surface area contributed by atoms with Crippen LogP contribution in [0.5, 0.6) is 5.75 Å². The topological polar surface area (TPSA) is 20.2 Å². The second-order valence-corrected chi connectivity index (χ2v) is 1.34. The fourth-order valence-electron chi connectivity index (χ4n) is 0.428. The van der Waals surface area contributed by atoms with Crippen molar-refractivity contribution < 1.29 is 26.8 Å². The van der Waals surface area contributed by atoms with Crippen LogP contribution < -0.4 is 0 Å². The fourth-order valence-corrected chi connectivity index (χ4v) is 0.428. The van der Waals surface area contributed by atoms with E-state index in [0.717, 1.165) is 0 Å². The van der Waals surface area contributed by atoms with Gasteiger partial charge in [-0.25, -0.2) is 0 Å². The average Bonchev–Trinajstić information content (AvgIpc) is 1.69. The zero-order valence-corrected chi connectivity index (χ0v) is 7.40. The first-order valence-corrected chi connectivity index (χ1v) is 2.13. The molecule has 1 aromatic rings. The Kier molecular flexibility index (Phi) is 8.16. The molecule has 0 saturated heterocycles. The first-order valence-electron chi connectivity index (χ1n) is 2.13. The van der Waals surface area contributed by atoms with Crippen LogP contribution in [0.1, 0.15) is 0 Å². The predicted octanol–water partition coefficient (Wildman–Crippen LogP) is 1.50. The van der Waals surface area contributed by atoms with Crippen molar-refractivity contribution in [1.82, 2.24) is 0 Å². The Hall–Kier alpha value is 0.0843. The van der Waals surface area contributed by atoms with Gasteiger partial charge >= 0.3 is 0 Å². The largest absolute Gasteiger partial charge is 0.508 e. The number of benzene rings is 1. The van der Waals surface area contributed by atoms with Crippen LogP contribution in [-0.2, 0) is 21.7 Å². The summed E-state index contributed by atoms with van der Waals surface area (Å²) in [4.78, 5) is 0. The zero-order valence-electron chi connectivity index (χ0n) is 4.83. The summed E-state index contributed by atoms with van der Waals surface area (Å²) in [5.41, 5.74) is 0. The van der Waals surface area contributed by atoms with Gasteiger partial charge in [0, 0.05) is 21.7 Å². The van der Waals surface area contributed by atoms with Crippen LogP contribution in [0.4, 0.5) is 0 Å². The maximum atomic E-state index is 8.63. The Labute approximate surface area is 76.4 Å². The first kappa shape index (κ1) is 11.8. The van der Waals surface area contributed by atoms with Gasteiger partial charge in [-0.05, 0) is 12.1 Å². The van der Waals surface area contributed by atoms with Crippen LogP contribution in [0.15, 0.2) is 30.3 Å². The van der Waals surface area contributed by atoms with E-state index in [1.807, 2.05) is 6.07 Å². The van der Waals surface area contributed by atoms with E-state index < -0.39 is 0 Å². The minimum absolute atomic E-state index is 0. The number of hydrogen-bond acceptors (Lipinski definition) is 1. The maximum Gasteiger partial charge on any atom is 0.115 e. The van der Waals surface area contributed by atoms with E-state index in [-0.39, 0.29) is 35.2 Å². The molecule has 3 heteroatoms. The van der Waals surface area contributed by atoms with Crippen molar-refractivity contribution in [3.8, 4) is 5.75 Å². The van der Waals surface area contributed by atoms with Crippen molar-refractivity contribution >= 4 is 13.5 Å². The van der Waals surface area contributed by atoms with E-state index in [1.165, 1.54) is 0 Å². The van der Waals surface area contributed by atoms with Crippen molar-refractivity contribution in [1.29, 1.82) is 0 Å². The summed E-state index contributed by atoms with van der Waals surface area (Å²) < 4.78 is 0. The molecule has 1 N–H and O–H groups in total. The first-order chi connectivity index (χ1) is 3.39. The van der Waals surface area contributed by atoms with Crippen LogP contribution in [0.3, 0.4) is 0 Å². The van der Waals surface area contributed by atoms with Crippen LogP contribution in [-0.4, -0.2) is 5.11 Å². The minimum atomic E-state index is 0. The van der Waals surface area contributed by atoms with E-state index >= 15 is 0 Å². The molecule has 48 valence electrons. The van der Waals surface area contributed by atoms with Gasteiger partial charge in [0.1, 0.15) is 5.75 Å². The molecule has 0 heterocycles. The second kappa shape index (κ2) is 6.21. The van der Waals surface area contributed by atoms with Crippen molar-refractivity contribution in [2.45, 2.75) is 0 Å². The van der Waals surface area contributed by atoms with Gasteiger partial charge in [-0.1, -0.05) is 18.2 Å². The number of phenols is 1. The molecular weight excluding hydrogens is 168 g/mol. The quantitative estimate of drug-likeness (QED) is 0.594. The number of phenolic OH excluding ortho intramolecular Hbond substituents is 1. The summed E-state index contributed by atoms with van der Waals surface area (Å²) in [6.07, 6.45) is 0. The normalized spacial score (nSPS) is 6.67. The molecule has 0 radical (unpaired) electrons. The van der Waals surface area contributed by atoms with Gasteiger partial charge in [0.05, 0.1) is 0 Å². The zero-order chi connectivity index (χ0) is 5.11. The molecular formula is C6H8OSTi. The molecule has 9 heavy (non-hydrogen) atoms. The van der Waals surface area contributed by atoms with E-state index in [9.17, 15) is 0 Å². The van der Waals surface area contributed by atoms with E-state index in [2.05, 4.69) is 0 Å². The maximum absolute atomic E-state index is 8.63. The van der Waals surface area contributed by atoms with Gasteiger partial charge in [-0.2, -0.15) is 13.5 Å². The summed E-state index contributed by atoms with van der Waals surface area (Å²) in [7, 11) is 0. The van der Waals surface area contributed by atoms with Crippen molar-refractivity contribution in [2.75, 3.05) is 0 Å². The third kappa shape index (κ3) is 4.58. The number of para-hydroxylation sites is 1. The van der Waals surface area contributed by atoms with Gasteiger partial charge in [-0.15, -0.1) is 0 Å². The molecule has 0 aromatic heterocycles. The molecule has 0 fully saturated rings. The van der Waals surface area contributed by atoms with Crippen LogP contribution in [0, 0.1) is 0 Å². The molecule has 0 aliphatic heterocycles. The monoisotopic (exact) mass is 176 g/mol. The Morgan fingerprint density at radius 2 is 1.44 bits per heavy atom. The summed E-state index contributed by atoms with van der Waals surface area (Å²) in [6, 6.07) is 8.71. The molecule has 1 nitrogen and oxygen atoms in total. The van der Waals surface area contributed by atoms with Gasteiger partial charge in [-0.3, -0.25) is 0 Å². The third-order valence-corrected chi connectivity index (χ3v) is 0.756. The van der Waals surface area contributed by atoms with E-state index in [1.54, 1.807) is 24.3 Å². The Balaban J connectivity index is 0. The Morgan fingerprint density at radius 1 is 1.00 bits per heavy atom. The predicted molar refractivity (Wildman–Crippen MR) is 38.5 cm³/mol. The van der Waals surface area contributed by atoms with E-state index in [4.69, 9.17) is 5.11 Å².